The van der Waals surface area contributed by atoms with Gasteiger partial charge in [0.25, 0.3) is 0 Å². The summed E-state index contributed by atoms with van der Waals surface area (Å²) in [6, 6.07) is 0. The fourth-order valence-corrected chi connectivity index (χ4v) is 1.50. The van der Waals surface area contributed by atoms with E-state index in [1.54, 1.807) is 0 Å². The first-order chi connectivity index (χ1) is 5.36. The summed E-state index contributed by atoms with van der Waals surface area (Å²) in [6.07, 6.45) is 2.40. The Labute approximate surface area is 66.3 Å². The van der Waals surface area contributed by atoms with Crippen LogP contribution in [0.2, 0.25) is 0 Å². The normalized spacial score (nSPS) is 42.8. The third kappa shape index (κ3) is 1.92. The van der Waals surface area contributed by atoms with Gasteiger partial charge in [0.2, 0.25) is 0 Å². The van der Waals surface area contributed by atoms with E-state index in [0.29, 0.717) is 18.6 Å². The maximum atomic E-state index is 9.36. The topological polar surface area (TPSA) is 42.0 Å². The summed E-state index contributed by atoms with van der Waals surface area (Å²) in [5, 5.41) is 9.36. The molecule has 0 amide bonds. The van der Waals surface area contributed by atoms with Gasteiger partial charge in [0.05, 0.1) is 32.0 Å². The molecular formula is C8H14O3. The molecule has 1 unspecified atom stereocenters. The van der Waals surface area contributed by atoms with Gasteiger partial charge in [0.1, 0.15) is 0 Å². The van der Waals surface area contributed by atoms with Crippen LogP contribution in [0.3, 0.4) is 0 Å². The number of aliphatic hydroxyl groups is 1. The first kappa shape index (κ1) is 7.53. The van der Waals surface area contributed by atoms with E-state index in [9.17, 15) is 5.11 Å². The van der Waals surface area contributed by atoms with E-state index >= 15 is 0 Å². The molecule has 2 rings (SSSR count). The van der Waals surface area contributed by atoms with Crippen molar-refractivity contribution in [3.8, 4) is 0 Å². The Hall–Kier alpha value is -0.120. The van der Waals surface area contributed by atoms with Crippen molar-refractivity contribution in [1.82, 2.24) is 0 Å². The van der Waals surface area contributed by atoms with Gasteiger partial charge in [0.15, 0.2) is 0 Å². The Morgan fingerprint density at radius 1 is 1.18 bits per heavy atom. The fraction of sp³-hybridized carbons (Fsp3) is 1.00. The van der Waals surface area contributed by atoms with Crippen LogP contribution in [-0.4, -0.2) is 37.1 Å². The predicted molar refractivity (Wildman–Crippen MR) is 39.3 cm³/mol. The molecule has 2 aliphatic rings. The van der Waals surface area contributed by atoms with E-state index in [1.807, 2.05) is 0 Å². The second-order valence-corrected chi connectivity index (χ2v) is 3.40. The first-order valence-corrected chi connectivity index (χ1v) is 4.23. The number of rotatable bonds is 3. The smallest absolute Gasteiger partial charge is 0.0823 e. The van der Waals surface area contributed by atoms with Crippen LogP contribution in [-0.2, 0) is 9.47 Å². The van der Waals surface area contributed by atoms with Crippen LogP contribution in [0.1, 0.15) is 12.8 Å². The van der Waals surface area contributed by atoms with Gasteiger partial charge >= 0.3 is 0 Å². The Morgan fingerprint density at radius 2 is 2.00 bits per heavy atom. The zero-order valence-corrected chi connectivity index (χ0v) is 6.53. The summed E-state index contributed by atoms with van der Waals surface area (Å²) >= 11 is 0. The van der Waals surface area contributed by atoms with Crippen LogP contribution in [0.15, 0.2) is 0 Å². The molecule has 2 fully saturated rings. The highest BCUT2D eigenvalue weighted by Gasteiger charge is 2.29. The summed E-state index contributed by atoms with van der Waals surface area (Å²) in [4.78, 5) is 0. The minimum Gasteiger partial charge on any atom is -0.390 e. The molecule has 0 bridgehead atoms. The lowest BCUT2D eigenvalue weighted by atomic mass is 9.99. The Morgan fingerprint density at radius 3 is 2.55 bits per heavy atom. The molecule has 2 aliphatic heterocycles. The average Bonchev–Trinajstić information content (AvgIpc) is 2.73. The summed E-state index contributed by atoms with van der Waals surface area (Å²) in [5.41, 5.74) is 0. The van der Waals surface area contributed by atoms with E-state index in [1.165, 1.54) is 0 Å². The van der Waals surface area contributed by atoms with Gasteiger partial charge in [-0.2, -0.15) is 0 Å². The third-order valence-corrected chi connectivity index (χ3v) is 2.43. The number of hydrogen-bond donors (Lipinski definition) is 1. The number of epoxide rings is 1. The van der Waals surface area contributed by atoms with Crippen molar-refractivity contribution in [2.24, 2.45) is 5.92 Å². The van der Waals surface area contributed by atoms with Gasteiger partial charge in [-0.05, 0) is 12.8 Å². The highest BCUT2D eigenvalue weighted by Crippen LogP contribution is 2.24. The average molecular weight is 158 g/mol. The van der Waals surface area contributed by atoms with Crippen LogP contribution >= 0.6 is 0 Å². The molecule has 11 heavy (non-hydrogen) atoms. The number of hydrogen-bond acceptors (Lipinski definition) is 3. The van der Waals surface area contributed by atoms with Crippen molar-refractivity contribution < 1.29 is 14.6 Å². The lowest BCUT2D eigenvalue weighted by molar-refractivity contribution is 0.116. The zero-order chi connectivity index (χ0) is 7.68. The first-order valence-electron chi connectivity index (χ1n) is 4.23. The summed E-state index contributed by atoms with van der Waals surface area (Å²) < 4.78 is 10.2. The molecule has 2 heterocycles. The van der Waals surface area contributed by atoms with E-state index in [4.69, 9.17) is 9.47 Å². The molecule has 0 aromatic heterocycles. The monoisotopic (exact) mass is 158 g/mol. The lowest BCUT2D eigenvalue weighted by Gasteiger charge is -2.09. The van der Waals surface area contributed by atoms with Crippen molar-refractivity contribution in [2.75, 3.05) is 19.8 Å². The zero-order valence-electron chi connectivity index (χ0n) is 6.53. The van der Waals surface area contributed by atoms with Gasteiger partial charge in [-0.3, -0.25) is 0 Å². The van der Waals surface area contributed by atoms with E-state index in [2.05, 4.69) is 0 Å². The molecule has 0 aromatic rings. The van der Waals surface area contributed by atoms with E-state index < -0.39 is 0 Å². The quantitative estimate of drug-likeness (QED) is 0.595. The van der Waals surface area contributed by atoms with Gasteiger partial charge in [-0.25, -0.2) is 0 Å². The summed E-state index contributed by atoms with van der Waals surface area (Å²) in [7, 11) is 0. The summed E-state index contributed by atoms with van der Waals surface area (Å²) in [6.45, 7) is 2.17. The molecule has 2 saturated heterocycles. The maximum absolute atomic E-state index is 9.36. The van der Waals surface area contributed by atoms with Gasteiger partial charge in [-0.1, -0.05) is 0 Å². The van der Waals surface area contributed by atoms with Crippen LogP contribution in [0.5, 0.6) is 0 Å². The molecule has 3 heteroatoms. The van der Waals surface area contributed by atoms with Crippen LogP contribution in [0, 0.1) is 5.92 Å². The molecule has 3 atom stereocenters. The Kier molecular flexibility index (Phi) is 2.11. The van der Waals surface area contributed by atoms with Crippen molar-refractivity contribution in [3.05, 3.63) is 0 Å². The standard InChI is InChI=1S/C8H14O3/c9-8-5-10-3-6(8)1-2-7-4-11-7/h6-9H,1-5H2/t6-,7?,8-/m1/s1. The second kappa shape index (κ2) is 3.09. The van der Waals surface area contributed by atoms with Crippen LogP contribution < -0.4 is 0 Å². The van der Waals surface area contributed by atoms with Crippen molar-refractivity contribution >= 4 is 0 Å². The fourth-order valence-electron chi connectivity index (χ4n) is 1.50. The lowest BCUT2D eigenvalue weighted by Crippen LogP contribution is -2.17. The van der Waals surface area contributed by atoms with Crippen molar-refractivity contribution in [2.45, 2.75) is 25.0 Å². The van der Waals surface area contributed by atoms with Gasteiger partial charge < -0.3 is 14.6 Å². The van der Waals surface area contributed by atoms with Gasteiger partial charge in [-0.15, -0.1) is 0 Å². The van der Waals surface area contributed by atoms with E-state index in [-0.39, 0.29) is 6.10 Å². The Bertz CT molecular complexity index is 133. The Balaban J connectivity index is 1.67. The van der Waals surface area contributed by atoms with Crippen LogP contribution in [0.25, 0.3) is 0 Å². The molecule has 0 spiro atoms. The molecular weight excluding hydrogens is 144 g/mol. The molecule has 3 nitrogen and oxygen atoms in total. The van der Waals surface area contributed by atoms with Gasteiger partial charge in [0, 0.05) is 5.92 Å². The molecule has 0 aromatic carbocycles. The van der Waals surface area contributed by atoms with Crippen LogP contribution in [0.4, 0.5) is 0 Å². The molecule has 0 radical (unpaired) electrons. The highest BCUT2D eigenvalue weighted by atomic mass is 16.6. The van der Waals surface area contributed by atoms with E-state index in [0.717, 1.165) is 26.1 Å². The summed E-state index contributed by atoms with van der Waals surface area (Å²) in [5.74, 6) is 0.360. The number of aliphatic hydroxyl groups excluding tert-OH is 1. The highest BCUT2D eigenvalue weighted by molar-refractivity contribution is 4.77. The molecule has 0 saturated carbocycles. The minimum absolute atomic E-state index is 0.228. The minimum atomic E-state index is -0.228. The SMILES string of the molecule is O[C@@H]1COC[C@H]1CCC1CO1. The largest absolute Gasteiger partial charge is 0.390 e. The number of ether oxygens (including phenoxy) is 2. The van der Waals surface area contributed by atoms with Crippen molar-refractivity contribution in [3.63, 3.8) is 0 Å². The molecule has 1 N–H and O–H groups in total. The third-order valence-electron chi connectivity index (χ3n) is 2.43. The second-order valence-electron chi connectivity index (χ2n) is 3.40. The maximum Gasteiger partial charge on any atom is 0.0823 e. The molecule has 64 valence electrons. The van der Waals surface area contributed by atoms with Crippen molar-refractivity contribution in [1.29, 1.82) is 0 Å². The predicted octanol–water partition coefficient (Wildman–Crippen LogP) is 0.173. The molecule has 0 aliphatic carbocycles.